The molecule has 0 spiro atoms. The van der Waals surface area contributed by atoms with E-state index in [9.17, 15) is 0 Å². The van der Waals surface area contributed by atoms with Crippen molar-refractivity contribution in [2.45, 2.75) is 25.3 Å². The fraction of sp³-hybridized carbons (Fsp3) is 0.455. The van der Waals surface area contributed by atoms with Crippen LogP contribution in [-0.2, 0) is 12.8 Å². The smallest absolute Gasteiger partial charge is 0.122 e. The predicted molar refractivity (Wildman–Crippen MR) is 60.2 cm³/mol. The third-order valence-electron chi connectivity index (χ3n) is 2.70. The lowest BCUT2D eigenvalue weighted by atomic mass is 9.88. The van der Waals surface area contributed by atoms with E-state index in [2.05, 4.69) is 12.1 Å². The van der Waals surface area contributed by atoms with Crippen molar-refractivity contribution < 1.29 is 4.74 Å². The molecule has 3 heteroatoms. The van der Waals surface area contributed by atoms with E-state index in [1.807, 2.05) is 6.07 Å². The molecule has 0 saturated heterocycles. The second kappa shape index (κ2) is 4.67. The number of nitrogens with two attached hydrogens (primary N) is 1. The number of methoxy groups -OCH3 is 1. The summed E-state index contributed by atoms with van der Waals surface area (Å²) in [6, 6.07) is 6.54. The molecule has 0 radical (unpaired) electrons. The summed E-state index contributed by atoms with van der Waals surface area (Å²) in [4.78, 5) is 0. The standard InChI is InChI=1S/C11H15NO.ClH/c1-13-11-4-2-3-8-5-6-9(12)7-10(8)11;/h2-4,9H,5-7,12H2,1H3;1H. The lowest BCUT2D eigenvalue weighted by Gasteiger charge is -2.23. The van der Waals surface area contributed by atoms with Gasteiger partial charge in [-0.3, -0.25) is 0 Å². The third kappa shape index (κ3) is 2.02. The molecule has 0 amide bonds. The van der Waals surface area contributed by atoms with Gasteiger partial charge in [-0.25, -0.2) is 0 Å². The summed E-state index contributed by atoms with van der Waals surface area (Å²) in [5, 5.41) is 0. The van der Waals surface area contributed by atoms with Crippen LogP contribution in [0.5, 0.6) is 5.75 Å². The van der Waals surface area contributed by atoms with E-state index in [1.54, 1.807) is 7.11 Å². The Morgan fingerprint density at radius 2 is 2.21 bits per heavy atom. The van der Waals surface area contributed by atoms with E-state index >= 15 is 0 Å². The second-order valence-corrected chi connectivity index (χ2v) is 3.60. The van der Waals surface area contributed by atoms with Crippen molar-refractivity contribution in [2.24, 2.45) is 5.73 Å². The molecule has 1 aromatic carbocycles. The summed E-state index contributed by atoms with van der Waals surface area (Å²) < 4.78 is 5.31. The van der Waals surface area contributed by atoms with Gasteiger partial charge in [0, 0.05) is 6.04 Å². The lowest BCUT2D eigenvalue weighted by molar-refractivity contribution is 0.403. The van der Waals surface area contributed by atoms with Crippen molar-refractivity contribution in [2.75, 3.05) is 7.11 Å². The molecule has 2 nitrogen and oxygen atoms in total. The van der Waals surface area contributed by atoms with Crippen molar-refractivity contribution in [1.29, 1.82) is 0 Å². The molecule has 2 N–H and O–H groups in total. The number of aryl methyl sites for hydroxylation is 1. The van der Waals surface area contributed by atoms with Gasteiger partial charge in [0.15, 0.2) is 0 Å². The van der Waals surface area contributed by atoms with Gasteiger partial charge in [0.25, 0.3) is 0 Å². The number of halogens is 1. The van der Waals surface area contributed by atoms with E-state index in [0.717, 1.165) is 25.0 Å². The van der Waals surface area contributed by atoms with E-state index in [0.29, 0.717) is 6.04 Å². The number of hydrogen-bond acceptors (Lipinski definition) is 2. The SMILES string of the molecule is COc1cccc2c1CC(N)CC2.Cl. The van der Waals surface area contributed by atoms with Crippen LogP contribution in [0.2, 0.25) is 0 Å². The molecule has 2 rings (SSSR count). The monoisotopic (exact) mass is 213 g/mol. The molecule has 1 aliphatic carbocycles. The minimum atomic E-state index is 0. The lowest BCUT2D eigenvalue weighted by Crippen LogP contribution is -2.28. The maximum Gasteiger partial charge on any atom is 0.122 e. The molecule has 0 aliphatic heterocycles. The maximum atomic E-state index is 5.92. The predicted octanol–water partition coefficient (Wildman–Crippen LogP) is 1.93. The van der Waals surface area contributed by atoms with E-state index in [1.165, 1.54) is 11.1 Å². The van der Waals surface area contributed by atoms with Crippen LogP contribution in [0, 0.1) is 0 Å². The van der Waals surface area contributed by atoms with Gasteiger partial charge in [-0.15, -0.1) is 12.4 Å². The molecule has 1 aromatic rings. The molecule has 0 bridgehead atoms. The van der Waals surface area contributed by atoms with Crippen molar-refractivity contribution in [1.82, 2.24) is 0 Å². The highest BCUT2D eigenvalue weighted by Crippen LogP contribution is 2.28. The van der Waals surface area contributed by atoms with Gasteiger partial charge in [-0.2, -0.15) is 0 Å². The fourth-order valence-corrected chi connectivity index (χ4v) is 1.97. The number of ether oxygens (including phenoxy) is 1. The number of rotatable bonds is 1. The van der Waals surface area contributed by atoms with Crippen LogP contribution in [0.3, 0.4) is 0 Å². The number of benzene rings is 1. The molecule has 0 aromatic heterocycles. The first-order chi connectivity index (χ1) is 6.31. The molecule has 0 heterocycles. The van der Waals surface area contributed by atoms with Crippen LogP contribution in [0.15, 0.2) is 18.2 Å². The Hall–Kier alpha value is -0.730. The highest BCUT2D eigenvalue weighted by Gasteiger charge is 2.18. The highest BCUT2D eigenvalue weighted by molar-refractivity contribution is 5.85. The highest BCUT2D eigenvalue weighted by atomic mass is 35.5. The van der Waals surface area contributed by atoms with E-state index in [4.69, 9.17) is 10.5 Å². The summed E-state index contributed by atoms with van der Waals surface area (Å²) in [6.45, 7) is 0. The Morgan fingerprint density at radius 1 is 1.43 bits per heavy atom. The van der Waals surface area contributed by atoms with Gasteiger partial charge >= 0.3 is 0 Å². The largest absolute Gasteiger partial charge is 0.496 e. The Morgan fingerprint density at radius 3 is 2.93 bits per heavy atom. The van der Waals surface area contributed by atoms with E-state index in [-0.39, 0.29) is 12.4 Å². The fourth-order valence-electron chi connectivity index (χ4n) is 1.97. The van der Waals surface area contributed by atoms with Gasteiger partial charge in [0.2, 0.25) is 0 Å². The average molecular weight is 214 g/mol. The minimum absolute atomic E-state index is 0. The molecule has 1 unspecified atom stereocenters. The zero-order chi connectivity index (χ0) is 9.26. The topological polar surface area (TPSA) is 35.2 Å². The van der Waals surface area contributed by atoms with Crippen LogP contribution in [0.4, 0.5) is 0 Å². The molecule has 0 fully saturated rings. The Kier molecular flexibility index (Phi) is 3.78. The van der Waals surface area contributed by atoms with Gasteiger partial charge in [0.1, 0.15) is 5.75 Å². The first kappa shape index (κ1) is 11.3. The van der Waals surface area contributed by atoms with Crippen molar-refractivity contribution in [3.8, 4) is 5.75 Å². The Balaban J connectivity index is 0.000000980. The van der Waals surface area contributed by atoms with E-state index < -0.39 is 0 Å². The zero-order valence-corrected chi connectivity index (χ0v) is 9.14. The molecular weight excluding hydrogens is 198 g/mol. The summed E-state index contributed by atoms with van der Waals surface area (Å²) >= 11 is 0. The van der Waals surface area contributed by atoms with Crippen LogP contribution >= 0.6 is 12.4 Å². The van der Waals surface area contributed by atoms with Gasteiger partial charge in [-0.05, 0) is 36.5 Å². The van der Waals surface area contributed by atoms with Crippen LogP contribution < -0.4 is 10.5 Å². The van der Waals surface area contributed by atoms with Crippen LogP contribution in [0.25, 0.3) is 0 Å². The summed E-state index contributed by atoms with van der Waals surface area (Å²) in [5.74, 6) is 0.993. The summed E-state index contributed by atoms with van der Waals surface area (Å²) in [7, 11) is 1.72. The minimum Gasteiger partial charge on any atom is -0.496 e. The Labute approximate surface area is 90.9 Å². The zero-order valence-electron chi connectivity index (χ0n) is 8.32. The molecular formula is C11H16ClNO. The molecule has 0 saturated carbocycles. The van der Waals surface area contributed by atoms with Crippen molar-refractivity contribution in [3.63, 3.8) is 0 Å². The Bertz CT molecular complexity index is 300. The maximum absolute atomic E-state index is 5.92. The first-order valence-corrected chi connectivity index (χ1v) is 4.71. The number of fused-ring (bicyclic) bond motifs is 1. The summed E-state index contributed by atoms with van der Waals surface area (Å²) in [6.07, 6.45) is 3.15. The molecule has 14 heavy (non-hydrogen) atoms. The average Bonchev–Trinajstić information content (AvgIpc) is 2.17. The first-order valence-electron chi connectivity index (χ1n) is 4.71. The molecule has 78 valence electrons. The van der Waals surface area contributed by atoms with Crippen LogP contribution in [-0.4, -0.2) is 13.2 Å². The van der Waals surface area contributed by atoms with Gasteiger partial charge in [0.05, 0.1) is 7.11 Å². The third-order valence-corrected chi connectivity index (χ3v) is 2.70. The normalized spacial score (nSPS) is 19.4. The van der Waals surface area contributed by atoms with Crippen molar-refractivity contribution >= 4 is 12.4 Å². The van der Waals surface area contributed by atoms with Crippen molar-refractivity contribution in [3.05, 3.63) is 29.3 Å². The summed E-state index contributed by atoms with van der Waals surface area (Å²) in [5.41, 5.74) is 8.63. The molecule has 1 aliphatic rings. The molecule has 1 atom stereocenters. The van der Waals surface area contributed by atoms with Gasteiger partial charge < -0.3 is 10.5 Å². The van der Waals surface area contributed by atoms with Crippen LogP contribution in [0.1, 0.15) is 17.5 Å². The van der Waals surface area contributed by atoms with Gasteiger partial charge in [-0.1, -0.05) is 12.1 Å². The second-order valence-electron chi connectivity index (χ2n) is 3.60. The quantitative estimate of drug-likeness (QED) is 0.774. The number of hydrogen-bond donors (Lipinski definition) is 1.